The summed E-state index contributed by atoms with van der Waals surface area (Å²) in [6, 6.07) is -0.851. The van der Waals surface area contributed by atoms with Gasteiger partial charge in [0.2, 0.25) is 5.91 Å². The van der Waals surface area contributed by atoms with Gasteiger partial charge >= 0.3 is 10.4 Å². The molecule has 0 bridgehead atoms. The van der Waals surface area contributed by atoms with Crippen LogP contribution in [0.2, 0.25) is 0 Å². The molecule has 12 nitrogen and oxygen atoms in total. The fraction of sp³-hybridized carbons (Fsp3) is 0.979. The van der Waals surface area contributed by atoms with Crippen LogP contribution in [-0.2, 0) is 28.9 Å². The second-order valence-electron chi connectivity index (χ2n) is 18.1. The van der Waals surface area contributed by atoms with E-state index in [1.54, 1.807) is 0 Å². The summed E-state index contributed by atoms with van der Waals surface area (Å²) in [5, 5.41) is 44.9. The molecule has 6 N–H and O–H groups in total. The van der Waals surface area contributed by atoms with Gasteiger partial charge in [0.15, 0.2) is 6.29 Å². The summed E-state index contributed by atoms with van der Waals surface area (Å²) in [5.74, 6) is -0.225. The lowest BCUT2D eigenvalue weighted by atomic mass is 9.99. The number of hydrogen-bond donors (Lipinski definition) is 6. The van der Waals surface area contributed by atoms with Gasteiger partial charge in [0.05, 0.1) is 25.4 Å². The summed E-state index contributed by atoms with van der Waals surface area (Å²) < 4.78 is 47.7. The molecular weight excluding hydrogens is 799 g/mol. The van der Waals surface area contributed by atoms with Crippen LogP contribution in [0.15, 0.2) is 0 Å². The molecule has 1 rings (SSSR count). The number of ether oxygens (including phenoxy) is 2. The molecule has 0 aromatic heterocycles. The van der Waals surface area contributed by atoms with Crippen LogP contribution >= 0.6 is 0 Å². The van der Waals surface area contributed by atoms with Crippen molar-refractivity contribution in [1.29, 1.82) is 0 Å². The number of amides is 1. The zero-order chi connectivity index (χ0) is 44.8. The van der Waals surface area contributed by atoms with Gasteiger partial charge in [-0.15, -0.1) is 0 Å². The lowest BCUT2D eigenvalue weighted by Crippen LogP contribution is -2.61. The predicted molar refractivity (Wildman–Crippen MR) is 246 cm³/mol. The molecule has 0 saturated carbocycles. The van der Waals surface area contributed by atoms with Crippen molar-refractivity contribution in [2.45, 2.75) is 288 Å². The molecule has 1 fully saturated rings. The highest BCUT2D eigenvalue weighted by atomic mass is 32.3. The van der Waals surface area contributed by atoms with E-state index in [0.717, 1.165) is 51.4 Å². The van der Waals surface area contributed by atoms with Crippen molar-refractivity contribution in [2.24, 2.45) is 0 Å². The minimum Gasteiger partial charge on any atom is -0.394 e. The van der Waals surface area contributed by atoms with E-state index in [1.165, 1.54) is 167 Å². The topological polar surface area (TPSA) is 192 Å². The number of unbranched alkanes of at least 4 members (excludes halogenated alkanes) is 32. The fourth-order valence-corrected chi connectivity index (χ4v) is 8.97. The van der Waals surface area contributed by atoms with Crippen LogP contribution in [0.4, 0.5) is 0 Å². The van der Waals surface area contributed by atoms with Crippen molar-refractivity contribution < 1.29 is 51.8 Å². The molecule has 0 radical (unpaired) electrons. The highest BCUT2D eigenvalue weighted by Gasteiger charge is 2.48. The van der Waals surface area contributed by atoms with Gasteiger partial charge in [-0.3, -0.25) is 9.35 Å². The zero-order valence-electron chi connectivity index (χ0n) is 39.0. The summed E-state index contributed by atoms with van der Waals surface area (Å²) in [6.45, 7) is 3.47. The van der Waals surface area contributed by atoms with E-state index in [1.807, 2.05) is 0 Å². The van der Waals surface area contributed by atoms with Gasteiger partial charge in [0.1, 0.15) is 24.4 Å². The number of aliphatic hydroxyl groups excluding tert-OH is 4. The Kier molecular flexibility index (Phi) is 37.6. The van der Waals surface area contributed by atoms with Crippen LogP contribution < -0.4 is 5.32 Å². The highest BCUT2D eigenvalue weighted by molar-refractivity contribution is 7.80. The smallest absolute Gasteiger partial charge is 0.394 e. The Labute approximate surface area is 373 Å². The van der Waals surface area contributed by atoms with E-state index >= 15 is 0 Å². The normalized spacial score (nSPS) is 20.5. The van der Waals surface area contributed by atoms with Gasteiger partial charge in [-0.05, 0) is 12.8 Å². The summed E-state index contributed by atoms with van der Waals surface area (Å²) in [4.78, 5) is 13.1. The van der Waals surface area contributed by atoms with Gasteiger partial charge in [-0.1, -0.05) is 226 Å². The van der Waals surface area contributed by atoms with Gasteiger partial charge < -0.3 is 35.2 Å². The van der Waals surface area contributed by atoms with Crippen molar-refractivity contribution in [2.75, 3.05) is 13.2 Å². The molecule has 0 aromatic rings. The molecule has 61 heavy (non-hydrogen) atoms. The van der Waals surface area contributed by atoms with E-state index in [9.17, 15) is 38.2 Å². The van der Waals surface area contributed by atoms with Crippen LogP contribution in [0, 0.1) is 0 Å². The Morgan fingerprint density at radius 2 is 0.951 bits per heavy atom. The van der Waals surface area contributed by atoms with Gasteiger partial charge in [0.25, 0.3) is 0 Å². The Balaban J connectivity index is 2.39. The third-order valence-corrected chi connectivity index (χ3v) is 12.9. The number of nitrogens with one attached hydrogen (secondary N) is 1. The van der Waals surface area contributed by atoms with E-state index in [4.69, 9.17) is 9.47 Å². The van der Waals surface area contributed by atoms with Gasteiger partial charge in [-0.2, -0.15) is 8.42 Å². The van der Waals surface area contributed by atoms with E-state index in [0.29, 0.717) is 12.8 Å². The first kappa shape index (κ1) is 58.1. The molecule has 1 aliphatic heterocycles. The lowest BCUT2D eigenvalue weighted by molar-refractivity contribution is -0.298. The average molecular weight is 894 g/mol. The molecule has 364 valence electrons. The largest absolute Gasteiger partial charge is 0.397 e. The molecule has 2 unspecified atom stereocenters. The number of hydrogen-bond acceptors (Lipinski definition) is 10. The van der Waals surface area contributed by atoms with Gasteiger partial charge in [-0.25, -0.2) is 4.18 Å². The van der Waals surface area contributed by atoms with Crippen molar-refractivity contribution in [3.8, 4) is 0 Å². The Morgan fingerprint density at radius 3 is 1.31 bits per heavy atom. The Hall–Kier alpha value is -0.900. The molecule has 0 aliphatic carbocycles. The third-order valence-electron chi connectivity index (χ3n) is 12.4. The molecule has 1 aliphatic rings. The van der Waals surface area contributed by atoms with Crippen LogP contribution in [0.25, 0.3) is 0 Å². The van der Waals surface area contributed by atoms with E-state index in [2.05, 4.69) is 23.3 Å². The number of aliphatic hydroxyl groups is 4. The second kappa shape index (κ2) is 39.5. The maximum atomic E-state index is 13.1. The minimum absolute atomic E-state index is 0.225. The fourth-order valence-electron chi connectivity index (χ4n) is 8.46. The van der Waals surface area contributed by atoms with Crippen LogP contribution in [0.3, 0.4) is 0 Å². The maximum Gasteiger partial charge on any atom is 0.397 e. The first-order valence-corrected chi connectivity index (χ1v) is 26.8. The lowest BCUT2D eigenvalue weighted by Gasteiger charge is -2.41. The van der Waals surface area contributed by atoms with E-state index in [-0.39, 0.29) is 12.5 Å². The number of carbonyl (C=O) groups is 1. The van der Waals surface area contributed by atoms with Crippen LogP contribution in [-0.4, -0.2) is 95.4 Å². The minimum atomic E-state index is -5.07. The number of carbonyl (C=O) groups excluding carboxylic acids is 1. The summed E-state index contributed by atoms with van der Waals surface area (Å²) in [5.41, 5.74) is 0. The molecule has 0 aromatic carbocycles. The maximum absolute atomic E-state index is 13.1. The third kappa shape index (κ3) is 32.4. The van der Waals surface area contributed by atoms with Crippen molar-refractivity contribution in [1.82, 2.24) is 5.32 Å². The Morgan fingerprint density at radius 1 is 0.590 bits per heavy atom. The van der Waals surface area contributed by atoms with Gasteiger partial charge in [0, 0.05) is 6.42 Å². The van der Waals surface area contributed by atoms with Crippen molar-refractivity contribution >= 4 is 16.3 Å². The Bertz CT molecular complexity index is 1100. The quantitative estimate of drug-likeness (QED) is 0.0252. The molecule has 1 amide bonds. The molecular formula is C48H95NO11S. The first-order valence-electron chi connectivity index (χ1n) is 25.4. The average Bonchev–Trinajstić information content (AvgIpc) is 3.23. The van der Waals surface area contributed by atoms with Crippen LogP contribution in [0.5, 0.6) is 0 Å². The van der Waals surface area contributed by atoms with E-state index < -0.39 is 59.9 Å². The summed E-state index contributed by atoms with van der Waals surface area (Å²) in [6.07, 6.45) is 33.9. The molecule has 13 heteroatoms. The molecule has 0 spiro atoms. The molecule has 1 saturated heterocycles. The van der Waals surface area contributed by atoms with Crippen LogP contribution in [0.1, 0.15) is 245 Å². The standard InChI is InChI=1S/C48H95NO11S/c1-3-5-7-9-11-13-15-17-18-19-20-21-22-23-24-26-28-30-32-34-36-38-44(52)49-41(42(51)37-35-33-31-29-27-25-16-14-12-10-8-6-4-2)40-58-48-46(54)47(60-61(55,56)57)45(53)43(39-50)59-48/h41-43,45-48,50-51,53-54H,3-40H2,1-2H3,(H,49,52)(H,55,56,57)/t41?,42?,43-,45+,46-,47+,48-/m1/s1. The van der Waals surface area contributed by atoms with Crippen molar-refractivity contribution in [3.05, 3.63) is 0 Å². The summed E-state index contributed by atoms with van der Waals surface area (Å²) in [7, 11) is -5.07. The monoisotopic (exact) mass is 894 g/mol. The predicted octanol–water partition coefficient (Wildman–Crippen LogP) is 10.6. The molecule has 1 heterocycles. The SMILES string of the molecule is CCCCCCCCCCCCCCCCCCCCCCCC(=O)NC(CO[C@@H]1O[C@H](CO)[C@H](O)[C@H](OS(=O)(=O)O)[C@H]1O)C(O)CCCCCCCCCCCCCCC. The van der Waals surface area contributed by atoms with Crippen molar-refractivity contribution in [3.63, 3.8) is 0 Å². The number of rotatable bonds is 44. The molecule has 7 atom stereocenters. The highest BCUT2D eigenvalue weighted by Crippen LogP contribution is 2.26. The summed E-state index contributed by atoms with van der Waals surface area (Å²) >= 11 is 0. The first-order chi connectivity index (χ1) is 29.5. The second-order valence-corrected chi connectivity index (χ2v) is 19.2. The zero-order valence-corrected chi connectivity index (χ0v) is 39.8.